The van der Waals surface area contributed by atoms with Gasteiger partial charge in [-0.1, -0.05) is 12.1 Å². The molecule has 0 aromatic heterocycles. The normalized spacial score (nSPS) is 12.9. The standard InChI is InChI=1S/C18H16O5/c1-20-14-4-2-3-13(11-14)5-8-18(19)23-15-6-7-16-17(12-15)22-10-9-21-16/h2-8,11-12H,9-10H2,1H3/b8-5+. The molecule has 1 aliphatic heterocycles. The molecule has 118 valence electrons. The van der Waals surface area contributed by atoms with Crippen molar-refractivity contribution < 1.29 is 23.7 Å². The molecule has 1 aliphatic rings. The molecule has 23 heavy (non-hydrogen) atoms. The fraction of sp³-hybridized carbons (Fsp3) is 0.167. The third-order valence-corrected chi connectivity index (χ3v) is 3.24. The first-order valence-corrected chi connectivity index (χ1v) is 7.18. The van der Waals surface area contributed by atoms with Crippen LogP contribution in [-0.4, -0.2) is 26.3 Å². The lowest BCUT2D eigenvalue weighted by Crippen LogP contribution is -2.15. The van der Waals surface area contributed by atoms with Crippen LogP contribution in [0.2, 0.25) is 0 Å². The van der Waals surface area contributed by atoms with E-state index < -0.39 is 5.97 Å². The number of hydrogen-bond donors (Lipinski definition) is 0. The molecule has 3 rings (SSSR count). The Hall–Kier alpha value is -2.95. The molecule has 0 fully saturated rings. The van der Waals surface area contributed by atoms with E-state index in [1.165, 1.54) is 6.08 Å². The third kappa shape index (κ3) is 3.83. The summed E-state index contributed by atoms with van der Waals surface area (Å²) in [4.78, 5) is 11.9. The monoisotopic (exact) mass is 312 g/mol. The van der Waals surface area contributed by atoms with Crippen molar-refractivity contribution in [3.05, 3.63) is 54.1 Å². The highest BCUT2D eigenvalue weighted by Gasteiger charge is 2.13. The Balaban J connectivity index is 1.65. The molecule has 0 bridgehead atoms. The van der Waals surface area contributed by atoms with Crippen molar-refractivity contribution in [2.75, 3.05) is 20.3 Å². The van der Waals surface area contributed by atoms with E-state index in [2.05, 4.69) is 0 Å². The number of benzene rings is 2. The molecule has 0 spiro atoms. The average molecular weight is 312 g/mol. The van der Waals surface area contributed by atoms with E-state index in [0.717, 1.165) is 11.3 Å². The molecule has 0 saturated carbocycles. The molecule has 5 heteroatoms. The highest BCUT2D eigenvalue weighted by molar-refractivity contribution is 5.88. The molecule has 0 aliphatic carbocycles. The lowest BCUT2D eigenvalue weighted by Gasteiger charge is -2.18. The van der Waals surface area contributed by atoms with E-state index >= 15 is 0 Å². The highest BCUT2D eigenvalue weighted by atomic mass is 16.6. The van der Waals surface area contributed by atoms with Crippen LogP contribution in [0.15, 0.2) is 48.5 Å². The number of methoxy groups -OCH3 is 1. The lowest BCUT2D eigenvalue weighted by molar-refractivity contribution is -0.128. The van der Waals surface area contributed by atoms with Gasteiger partial charge in [-0.15, -0.1) is 0 Å². The van der Waals surface area contributed by atoms with E-state index in [4.69, 9.17) is 18.9 Å². The Morgan fingerprint density at radius 2 is 1.87 bits per heavy atom. The van der Waals surface area contributed by atoms with Crippen LogP contribution in [0.1, 0.15) is 5.56 Å². The Kier molecular flexibility index (Phi) is 4.47. The van der Waals surface area contributed by atoms with Crippen molar-refractivity contribution in [3.8, 4) is 23.0 Å². The number of ether oxygens (including phenoxy) is 4. The smallest absolute Gasteiger partial charge is 0.336 e. The van der Waals surface area contributed by atoms with Crippen molar-refractivity contribution in [2.24, 2.45) is 0 Å². The van der Waals surface area contributed by atoms with Crippen LogP contribution >= 0.6 is 0 Å². The van der Waals surface area contributed by atoms with Gasteiger partial charge in [0.1, 0.15) is 24.7 Å². The first-order valence-electron chi connectivity index (χ1n) is 7.18. The minimum atomic E-state index is -0.468. The van der Waals surface area contributed by atoms with Gasteiger partial charge in [-0.3, -0.25) is 0 Å². The number of rotatable bonds is 4. The third-order valence-electron chi connectivity index (χ3n) is 3.24. The van der Waals surface area contributed by atoms with Crippen LogP contribution in [0, 0.1) is 0 Å². The summed E-state index contributed by atoms with van der Waals surface area (Å²) in [5, 5.41) is 0. The molecule has 1 heterocycles. The molecule has 2 aromatic rings. The first-order chi connectivity index (χ1) is 11.2. The summed E-state index contributed by atoms with van der Waals surface area (Å²) in [6, 6.07) is 12.4. The zero-order valence-corrected chi connectivity index (χ0v) is 12.7. The molecule has 0 N–H and O–H groups in total. The van der Waals surface area contributed by atoms with Gasteiger partial charge in [0.15, 0.2) is 11.5 Å². The highest BCUT2D eigenvalue weighted by Crippen LogP contribution is 2.33. The van der Waals surface area contributed by atoms with Gasteiger partial charge >= 0.3 is 5.97 Å². The molecule has 2 aromatic carbocycles. The predicted octanol–water partition coefficient (Wildman–Crippen LogP) is 3.09. The van der Waals surface area contributed by atoms with Crippen LogP contribution in [-0.2, 0) is 4.79 Å². The quantitative estimate of drug-likeness (QED) is 0.493. The number of carbonyl (C=O) groups excluding carboxylic acids is 1. The van der Waals surface area contributed by atoms with E-state index in [1.807, 2.05) is 24.3 Å². The summed E-state index contributed by atoms with van der Waals surface area (Å²) in [5.41, 5.74) is 0.850. The van der Waals surface area contributed by atoms with E-state index in [0.29, 0.717) is 30.5 Å². The van der Waals surface area contributed by atoms with Crippen LogP contribution in [0.4, 0.5) is 0 Å². The van der Waals surface area contributed by atoms with Gasteiger partial charge in [-0.25, -0.2) is 4.79 Å². The summed E-state index contributed by atoms with van der Waals surface area (Å²) in [6.45, 7) is 1.01. The topological polar surface area (TPSA) is 54.0 Å². The predicted molar refractivity (Wildman–Crippen MR) is 85.1 cm³/mol. The number of hydrogen-bond acceptors (Lipinski definition) is 5. The van der Waals surface area contributed by atoms with E-state index in [9.17, 15) is 4.79 Å². The molecule has 0 atom stereocenters. The molecule has 5 nitrogen and oxygen atoms in total. The molecule has 0 amide bonds. The van der Waals surface area contributed by atoms with Gasteiger partial charge in [-0.2, -0.15) is 0 Å². The summed E-state index contributed by atoms with van der Waals surface area (Å²) < 4.78 is 21.3. The fourth-order valence-corrected chi connectivity index (χ4v) is 2.15. The maximum absolute atomic E-state index is 11.9. The van der Waals surface area contributed by atoms with Gasteiger partial charge < -0.3 is 18.9 Å². The van der Waals surface area contributed by atoms with Gasteiger partial charge in [0.05, 0.1) is 7.11 Å². The second kappa shape index (κ2) is 6.87. The Morgan fingerprint density at radius 1 is 1.04 bits per heavy atom. The second-order valence-electron chi connectivity index (χ2n) is 4.84. The van der Waals surface area contributed by atoms with E-state index in [1.54, 1.807) is 31.4 Å². The summed E-state index contributed by atoms with van der Waals surface area (Å²) in [7, 11) is 1.60. The molecular weight excluding hydrogens is 296 g/mol. The van der Waals surface area contributed by atoms with Gasteiger partial charge in [-0.05, 0) is 35.9 Å². The Morgan fingerprint density at radius 3 is 2.70 bits per heavy atom. The minimum Gasteiger partial charge on any atom is -0.497 e. The fourth-order valence-electron chi connectivity index (χ4n) is 2.15. The number of esters is 1. The van der Waals surface area contributed by atoms with Crippen LogP contribution < -0.4 is 18.9 Å². The van der Waals surface area contributed by atoms with Crippen LogP contribution in [0.25, 0.3) is 6.08 Å². The Labute approximate surface area is 134 Å². The Bertz CT molecular complexity index is 736. The summed E-state index contributed by atoms with van der Waals surface area (Å²) in [5.74, 6) is 1.91. The van der Waals surface area contributed by atoms with Gasteiger partial charge in [0, 0.05) is 12.1 Å². The lowest BCUT2D eigenvalue weighted by atomic mass is 10.2. The second-order valence-corrected chi connectivity index (χ2v) is 4.84. The summed E-state index contributed by atoms with van der Waals surface area (Å²) in [6.07, 6.45) is 3.04. The zero-order chi connectivity index (χ0) is 16.1. The SMILES string of the molecule is COc1cccc(/C=C/C(=O)Oc2ccc3c(c2)OCCO3)c1. The van der Waals surface area contributed by atoms with Crippen LogP contribution in [0.3, 0.4) is 0 Å². The van der Waals surface area contributed by atoms with Crippen molar-refractivity contribution in [2.45, 2.75) is 0 Å². The molecule has 0 radical (unpaired) electrons. The van der Waals surface area contributed by atoms with Crippen molar-refractivity contribution in [3.63, 3.8) is 0 Å². The zero-order valence-electron chi connectivity index (χ0n) is 12.7. The van der Waals surface area contributed by atoms with Gasteiger partial charge in [0.2, 0.25) is 0 Å². The van der Waals surface area contributed by atoms with Crippen LogP contribution in [0.5, 0.6) is 23.0 Å². The average Bonchev–Trinajstić information content (AvgIpc) is 2.60. The number of fused-ring (bicyclic) bond motifs is 1. The van der Waals surface area contributed by atoms with Crippen molar-refractivity contribution in [1.29, 1.82) is 0 Å². The molecule has 0 saturated heterocycles. The van der Waals surface area contributed by atoms with Crippen molar-refractivity contribution in [1.82, 2.24) is 0 Å². The summed E-state index contributed by atoms with van der Waals surface area (Å²) >= 11 is 0. The van der Waals surface area contributed by atoms with Crippen molar-refractivity contribution >= 4 is 12.0 Å². The molecule has 0 unspecified atom stereocenters. The first kappa shape index (κ1) is 15.0. The van der Waals surface area contributed by atoms with Gasteiger partial charge in [0.25, 0.3) is 0 Å². The number of carbonyl (C=O) groups is 1. The van der Waals surface area contributed by atoms with E-state index in [-0.39, 0.29) is 0 Å². The maximum Gasteiger partial charge on any atom is 0.336 e. The molecular formula is C18H16O5. The minimum absolute atomic E-state index is 0.412. The maximum atomic E-state index is 11.9. The largest absolute Gasteiger partial charge is 0.497 e.